The third kappa shape index (κ3) is 42.9. The van der Waals surface area contributed by atoms with Gasteiger partial charge >= 0.3 is 0 Å². The molecule has 1 amide bonds. The van der Waals surface area contributed by atoms with E-state index >= 15 is 0 Å². The van der Waals surface area contributed by atoms with Gasteiger partial charge in [0.1, 0.15) is 13.2 Å². The van der Waals surface area contributed by atoms with E-state index in [9.17, 15) is 19.4 Å². The number of aliphatic hydroxyl groups is 1. The van der Waals surface area contributed by atoms with Gasteiger partial charge in [-0.05, 0) is 32.1 Å². The van der Waals surface area contributed by atoms with Gasteiger partial charge in [-0.2, -0.15) is 0 Å². The van der Waals surface area contributed by atoms with Crippen LogP contribution in [0.1, 0.15) is 226 Å². The second-order valence-corrected chi connectivity index (χ2v) is 19.2. The van der Waals surface area contributed by atoms with Crippen molar-refractivity contribution in [3.05, 3.63) is 24.3 Å². The molecule has 0 radical (unpaired) electrons. The van der Waals surface area contributed by atoms with Crippen molar-refractivity contribution in [2.24, 2.45) is 0 Å². The van der Waals surface area contributed by atoms with Crippen molar-refractivity contribution < 1.29 is 32.9 Å². The summed E-state index contributed by atoms with van der Waals surface area (Å²) in [6.07, 6.45) is 48.0. The molecule has 3 atom stereocenters. The number of carbonyl (C=O) groups is 1. The molecule has 0 aliphatic rings. The maximum atomic E-state index is 12.9. The van der Waals surface area contributed by atoms with Crippen LogP contribution in [0.3, 0.4) is 0 Å². The first kappa shape index (κ1) is 56.0. The highest BCUT2D eigenvalue weighted by molar-refractivity contribution is 7.45. The quantitative estimate of drug-likeness (QED) is 0.0274. The summed E-state index contributed by atoms with van der Waals surface area (Å²) in [4.78, 5) is 25.3. The number of hydrogen-bond donors (Lipinski definition) is 2. The summed E-state index contributed by atoms with van der Waals surface area (Å²) in [5.41, 5.74) is 0. The van der Waals surface area contributed by atoms with Gasteiger partial charge in [-0.1, -0.05) is 212 Å². The Hall–Kier alpha value is -1.02. The molecule has 2 N–H and O–H groups in total. The summed E-state index contributed by atoms with van der Waals surface area (Å²) >= 11 is 0. The van der Waals surface area contributed by atoms with Crippen molar-refractivity contribution in [2.45, 2.75) is 238 Å². The lowest BCUT2D eigenvalue weighted by Gasteiger charge is -2.29. The van der Waals surface area contributed by atoms with Crippen LogP contribution in [0.4, 0.5) is 0 Å². The predicted molar refractivity (Wildman–Crippen MR) is 242 cm³/mol. The molecule has 9 heteroatoms. The van der Waals surface area contributed by atoms with E-state index in [1.807, 2.05) is 27.2 Å². The molecule has 0 saturated heterocycles. The van der Waals surface area contributed by atoms with E-state index in [0.717, 1.165) is 38.5 Å². The predicted octanol–water partition coefficient (Wildman–Crippen LogP) is 13.1. The Labute approximate surface area is 354 Å². The van der Waals surface area contributed by atoms with E-state index < -0.39 is 20.0 Å². The van der Waals surface area contributed by atoms with Crippen LogP contribution in [0.2, 0.25) is 0 Å². The number of hydrogen-bond acceptors (Lipinski definition) is 6. The maximum absolute atomic E-state index is 12.9. The first-order valence-corrected chi connectivity index (χ1v) is 25.7. The molecule has 8 nitrogen and oxygen atoms in total. The summed E-state index contributed by atoms with van der Waals surface area (Å²) in [7, 11) is 1.25. The highest BCUT2D eigenvalue weighted by Crippen LogP contribution is 2.38. The number of phosphoric ester groups is 1. The number of aliphatic hydroxyl groups excluding tert-OH is 1. The van der Waals surface area contributed by atoms with Crippen molar-refractivity contribution >= 4 is 13.7 Å². The topological polar surface area (TPSA) is 108 Å². The van der Waals surface area contributed by atoms with Crippen LogP contribution < -0.4 is 10.2 Å². The highest BCUT2D eigenvalue weighted by atomic mass is 31.2. The SMILES string of the molecule is CCCCCCCCCC/C=C/CC/C=C/[C@@H](O)[C@H](COP(=O)([O-])OCC[N+](C)(C)C)NC(=O)CCCCCCCCCCCCCCCCCCCCCCC. The average Bonchev–Trinajstić information content (AvgIpc) is 3.16. The summed E-state index contributed by atoms with van der Waals surface area (Å²) in [5.74, 6) is -0.204. The lowest BCUT2D eigenvalue weighted by molar-refractivity contribution is -0.870. The third-order valence-corrected chi connectivity index (χ3v) is 11.9. The molecule has 0 fully saturated rings. The molecule has 0 heterocycles. The molecule has 57 heavy (non-hydrogen) atoms. The van der Waals surface area contributed by atoms with Crippen LogP contribution in [0.25, 0.3) is 0 Å². The number of nitrogens with zero attached hydrogens (tertiary/aromatic N) is 1. The lowest BCUT2D eigenvalue weighted by Crippen LogP contribution is -2.45. The number of unbranched alkanes of at least 4 members (excludes halogenated alkanes) is 29. The smallest absolute Gasteiger partial charge is 0.268 e. The van der Waals surface area contributed by atoms with Crippen LogP contribution in [0, 0.1) is 0 Å². The monoisotopic (exact) mass is 827 g/mol. The number of amides is 1. The zero-order chi connectivity index (χ0) is 42.1. The lowest BCUT2D eigenvalue weighted by atomic mass is 10.0. The number of likely N-dealkylation sites (N-methyl/N-ethyl adjacent to an activating group) is 1. The number of carbonyl (C=O) groups excluding carboxylic acids is 1. The minimum Gasteiger partial charge on any atom is -0.756 e. The number of quaternary nitrogens is 1. The summed E-state index contributed by atoms with van der Waals surface area (Å²) in [5, 5.41) is 13.8. The van der Waals surface area contributed by atoms with Crippen LogP contribution >= 0.6 is 7.82 Å². The van der Waals surface area contributed by atoms with Crippen LogP contribution in [0.5, 0.6) is 0 Å². The first-order chi connectivity index (χ1) is 27.5. The number of phosphoric acid groups is 1. The molecule has 0 rings (SSSR count). The van der Waals surface area contributed by atoms with E-state index in [1.165, 1.54) is 167 Å². The van der Waals surface area contributed by atoms with Gasteiger partial charge in [0.25, 0.3) is 7.82 Å². The van der Waals surface area contributed by atoms with Gasteiger partial charge in [0.15, 0.2) is 0 Å². The molecule has 0 aromatic heterocycles. The van der Waals surface area contributed by atoms with E-state index in [2.05, 4.69) is 31.3 Å². The molecule has 0 spiro atoms. The Morgan fingerprint density at radius 2 is 0.982 bits per heavy atom. The maximum Gasteiger partial charge on any atom is 0.268 e. The van der Waals surface area contributed by atoms with Gasteiger partial charge in [-0.15, -0.1) is 0 Å². The van der Waals surface area contributed by atoms with Gasteiger partial charge in [0.2, 0.25) is 5.91 Å². The van der Waals surface area contributed by atoms with Crippen LogP contribution in [-0.2, 0) is 18.4 Å². The van der Waals surface area contributed by atoms with Gasteiger partial charge in [0.05, 0.1) is 39.9 Å². The number of nitrogens with one attached hydrogen (secondary N) is 1. The van der Waals surface area contributed by atoms with E-state index in [0.29, 0.717) is 17.4 Å². The summed E-state index contributed by atoms with van der Waals surface area (Å²) < 4.78 is 23.2. The average molecular weight is 827 g/mol. The number of rotatable bonds is 44. The molecular weight excluding hydrogens is 732 g/mol. The molecular formula is C48H95N2O6P. The fraction of sp³-hybridized carbons (Fsp3) is 0.896. The molecule has 0 aliphatic heterocycles. The molecule has 0 bridgehead atoms. The molecule has 0 aromatic rings. The summed E-state index contributed by atoms with van der Waals surface area (Å²) in [6.45, 7) is 4.64. The molecule has 0 aromatic carbocycles. The van der Waals surface area contributed by atoms with Crippen molar-refractivity contribution in [3.8, 4) is 0 Å². The van der Waals surface area contributed by atoms with Gasteiger partial charge < -0.3 is 28.8 Å². The first-order valence-electron chi connectivity index (χ1n) is 24.2. The van der Waals surface area contributed by atoms with E-state index in [4.69, 9.17) is 9.05 Å². The molecule has 338 valence electrons. The van der Waals surface area contributed by atoms with Gasteiger partial charge in [0, 0.05) is 6.42 Å². The van der Waals surface area contributed by atoms with Gasteiger partial charge in [-0.3, -0.25) is 9.36 Å². The largest absolute Gasteiger partial charge is 0.756 e. The molecule has 1 unspecified atom stereocenters. The van der Waals surface area contributed by atoms with Crippen LogP contribution in [0.15, 0.2) is 24.3 Å². The molecule has 0 aliphatic carbocycles. The summed E-state index contributed by atoms with van der Waals surface area (Å²) in [6, 6.07) is -0.898. The Bertz CT molecular complexity index is 984. The highest BCUT2D eigenvalue weighted by Gasteiger charge is 2.23. The van der Waals surface area contributed by atoms with E-state index in [1.54, 1.807) is 6.08 Å². The minimum absolute atomic E-state index is 0.00417. The second kappa shape index (κ2) is 40.4. The van der Waals surface area contributed by atoms with Crippen molar-refractivity contribution in [1.29, 1.82) is 0 Å². The van der Waals surface area contributed by atoms with Crippen LogP contribution in [-0.4, -0.2) is 68.5 Å². The fourth-order valence-electron chi connectivity index (χ4n) is 7.05. The Morgan fingerprint density at radius 3 is 1.42 bits per heavy atom. The van der Waals surface area contributed by atoms with Crippen molar-refractivity contribution in [3.63, 3.8) is 0 Å². The normalized spacial score (nSPS) is 14.4. The van der Waals surface area contributed by atoms with Crippen molar-refractivity contribution in [1.82, 2.24) is 5.32 Å². The third-order valence-electron chi connectivity index (χ3n) is 10.9. The standard InChI is InChI=1S/C48H95N2O6P/c1-6-8-10-12-14-16-18-20-22-23-24-25-26-27-28-30-32-34-36-38-40-42-48(52)49-46(45-56-57(53,54)55-44-43-50(3,4)5)47(51)41-39-37-35-33-31-29-21-19-17-15-13-11-9-7-2/h31,33,39,41,46-47,51H,6-30,32,34-38,40,42-45H2,1-5H3,(H-,49,52,53,54)/b33-31+,41-39+/t46-,47+/m0/s1. The number of allylic oxidation sites excluding steroid dienone is 3. The van der Waals surface area contributed by atoms with Gasteiger partial charge in [-0.25, -0.2) is 0 Å². The fourth-order valence-corrected chi connectivity index (χ4v) is 7.77. The Kier molecular flexibility index (Phi) is 39.7. The van der Waals surface area contributed by atoms with Crippen molar-refractivity contribution in [2.75, 3.05) is 40.9 Å². The Morgan fingerprint density at radius 1 is 0.596 bits per heavy atom. The zero-order valence-corrected chi connectivity index (χ0v) is 39.2. The molecule has 0 saturated carbocycles. The van der Waals surface area contributed by atoms with E-state index in [-0.39, 0.29) is 19.1 Å². The second-order valence-electron chi connectivity index (χ2n) is 17.8. The Balaban J connectivity index is 4.31. The zero-order valence-electron chi connectivity index (χ0n) is 38.3. The minimum atomic E-state index is -4.59.